The number of carbonyl (C=O) groups excluding carboxylic acids is 1. The second-order valence-electron chi connectivity index (χ2n) is 5.68. The summed E-state index contributed by atoms with van der Waals surface area (Å²) in [5.41, 5.74) is 0.584. The summed E-state index contributed by atoms with van der Waals surface area (Å²) >= 11 is 0. The van der Waals surface area contributed by atoms with Crippen LogP contribution in [0.3, 0.4) is 0 Å². The van der Waals surface area contributed by atoms with Crippen LogP contribution < -0.4 is 10.1 Å². The Kier molecular flexibility index (Phi) is 7.10. The lowest BCUT2D eigenvalue weighted by Gasteiger charge is -2.25. The second-order valence-corrected chi connectivity index (χ2v) is 5.68. The topological polar surface area (TPSA) is 87.6 Å². The van der Waals surface area contributed by atoms with E-state index in [9.17, 15) is 22.4 Å². The average Bonchev–Trinajstić information content (AvgIpc) is 2.64. The molecule has 0 aliphatic rings. The summed E-state index contributed by atoms with van der Waals surface area (Å²) in [6.07, 6.45) is -5.11. The van der Waals surface area contributed by atoms with E-state index in [1.165, 1.54) is 31.3 Å². The lowest BCUT2D eigenvalue weighted by molar-refractivity contribution is -0.206. The first kappa shape index (κ1) is 21.4. The Bertz CT molecular complexity index is 787. The predicted octanol–water partition coefficient (Wildman–Crippen LogP) is 2.97. The van der Waals surface area contributed by atoms with E-state index in [1.54, 1.807) is 6.07 Å². The van der Waals surface area contributed by atoms with Gasteiger partial charge in [0.1, 0.15) is 12.4 Å². The van der Waals surface area contributed by atoms with Crippen molar-refractivity contribution in [2.45, 2.75) is 25.8 Å². The molecule has 0 unspecified atom stereocenters. The summed E-state index contributed by atoms with van der Waals surface area (Å²) in [5, 5.41) is 11.4. The number of urea groups is 1. The van der Waals surface area contributed by atoms with Gasteiger partial charge >= 0.3 is 12.2 Å². The number of nitrogens with zero attached hydrogens (tertiary/aromatic N) is 3. The molecule has 2 amide bonds. The number of aromatic nitrogens is 2. The summed E-state index contributed by atoms with van der Waals surface area (Å²) in [6, 6.07) is 4.94. The number of aliphatic hydroxyl groups is 1. The highest BCUT2D eigenvalue weighted by atomic mass is 19.4. The van der Waals surface area contributed by atoms with Gasteiger partial charge in [0.05, 0.1) is 18.9 Å². The normalized spacial score (nSPS) is 12.4. The van der Waals surface area contributed by atoms with Crippen LogP contribution in [0.5, 0.6) is 5.88 Å². The molecule has 11 heteroatoms. The van der Waals surface area contributed by atoms with Gasteiger partial charge in [0, 0.05) is 6.54 Å². The molecule has 0 bridgehead atoms. The van der Waals surface area contributed by atoms with Crippen LogP contribution in [-0.2, 0) is 6.61 Å². The van der Waals surface area contributed by atoms with Crippen molar-refractivity contribution >= 4 is 11.8 Å². The molecule has 1 aromatic heterocycles. The number of alkyl halides is 3. The molecule has 0 saturated heterocycles. The second kappa shape index (κ2) is 9.31. The number of amides is 2. The maximum atomic E-state index is 13.1. The van der Waals surface area contributed by atoms with Crippen LogP contribution in [0.15, 0.2) is 36.7 Å². The maximum Gasteiger partial charge on any atom is 0.416 e. The Balaban J connectivity index is 1.90. The zero-order chi connectivity index (χ0) is 20.7. The lowest BCUT2D eigenvalue weighted by Crippen LogP contribution is -2.45. The molecular formula is C17H18F4N4O3. The molecule has 2 aromatic rings. The van der Waals surface area contributed by atoms with Crippen molar-refractivity contribution in [3.63, 3.8) is 0 Å². The highest BCUT2D eigenvalue weighted by molar-refractivity contribution is 5.88. The van der Waals surface area contributed by atoms with Crippen LogP contribution in [0.2, 0.25) is 0 Å². The number of hydrogen-bond acceptors (Lipinski definition) is 5. The van der Waals surface area contributed by atoms with Crippen molar-refractivity contribution in [1.29, 1.82) is 0 Å². The minimum absolute atomic E-state index is 0.0111. The molecule has 1 heterocycles. The Labute approximate surface area is 158 Å². The molecule has 7 nitrogen and oxygen atoms in total. The molecule has 0 fully saturated rings. The Morgan fingerprint density at radius 1 is 1.32 bits per heavy atom. The first-order valence-corrected chi connectivity index (χ1v) is 8.19. The fraction of sp³-hybridized carbons (Fsp3) is 0.353. The van der Waals surface area contributed by atoms with E-state index in [4.69, 9.17) is 9.84 Å². The Hall–Kier alpha value is -2.95. The van der Waals surface area contributed by atoms with Crippen molar-refractivity contribution in [2.75, 3.05) is 18.4 Å². The van der Waals surface area contributed by atoms with Crippen LogP contribution in [0.1, 0.15) is 12.5 Å². The van der Waals surface area contributed by atoms with E-state index in [-0.39, 0.29) is 24.8 Å². The van der Waals surface area contributed by atoms with Gasteiger partial charge in [0.15, 0.2) is 11.9 Å². The molecule has 2 rings (SSSR count). The summed E-state index contributed by atoms with van der Waals surface area (Å²) in [4.78, 5) is 20.6. The number of ether oxygens (including phenoxy) is 1. The van der Waals surface area contributed by atoms with E-state index in [2.05, 4.69) is 15.3 Å². The number of rotatable bonds is 7. The lowest BCUT2D eigenvalue weighted by atomic mass is 10.2. The molecule has 0 saturated carbocycles. The van der Waals surface area contributed by atoms with E-state index in [0.29, 0.717) is 5.56 Å². The fourth-order valence-electron chi connectivity index (χ4n) is 2.10. The molecule has 28 heavy (non-hydrogen) atoms. The van der Waals surface area contributed by atoms with Crippen LogP contribution in [-0.4, -0.2) is 51.4 Å². The van der Waals surface area contributed by atoms with Gasteiger partial charge in [-0.05, 0) is 24.6 Å². The Morgan fingerprint density at radius 3 is 2.64 bits per heavy atom. The van der Waals surface area contributed by atoms with Crippen molar-refractivity contribution in [3.05, 3.63) is 48.0 Å². The first-order valence-electron chi connectivity index (χ1n) is 8.19. The summed E-state index contributed by atoms with van der Waals surface area (Å²) in [7, 11) is 0. The van der Waals surface area contributed by atoms with Gasteiger partial charge in [-0.2, -0.15) is 13.2 Å². The SMILES string of the molecule is CCN(C[C@@H](O)C(F)(F)F)C(=O)Nc1cnc(OCc2cccc(F)c2)cn1. The molecule has 0 spiro atoms. The van der Waals surface area contributed by atoms with E-state index in [1.807, 2.05) is 0 Å². The standard InChI is InChI=1S/C17H18F4N4O3/c1-2-25(9-13(26)17(19,20)21)16(27)24-14-7-23-15(8-22-14)28-10-11-4-3-5-12(18)6-11/h3-8,13,26H,2,9-10H2,1H3,(H,22,24,27)/t13-/m1/s1. The van der Waals surface area contributed by atoms with E-state index in [0.717, 1.165) is 11.1 Å². The third kappa shape index (κ3) is 6.34. The number of aliphatic hydroxyl groups excluding tert-OH is 1. The number of halogens is 4. The molecule has 0 aliphatic carbocycles. The van der Waals surface area contributed by atoms with Crippen LogP contribution >= 0.6 is 0 Å². The minimum atomic E-state index is -4.83. The molecular weight excluding hydrogens is 384 g/mol. The quantitative estimate of drug-likeness (QED) is 0.696. The number of carbonyl (C=O) groups is 1. The monoisotopic (exact) mass is 402 g/mol. The molecule has 1 aromatic carbocycles. The van der Waals surface area contributed by atoms with Crippen molar-refractivity contribution < 1.29 is 32.2 Å². The highest BCUT2D eigenvalue weighted by Gasteiger charge is 2.39. The highest BCUT2D eigenvalue weighted by Crippen LogP contribution is 2.21. The number of benzene rings is 1. The van der Waals surface area contributed by atoms with Crippen LogP contribution in [0.25, 0.3) is 0 Å². The number of likely N-dealkylation sites (N-methyl/N-ethyl adjacent to an activating group) is 1. The molecule has 2 N–H and O–H groups in total. The molecule has 1 atom stereocenters. The summed E-state index contributed by atoms with van der Waals surface area (Å²) in [6.45, 7) is 0.560. The zero-order valence-electron chi connectivity index (χ0n) is 14.8. The summed E-state index contributed by atoms with van der Waals surface area (Å²) < 4.78 is 55.7. The third-order valence-electron chi connectivity index (χ3n) is 3.58. The predicted molar refractivity (Wildman–Crippen MR) is 91.1 cm³/mol. The largest absolute Gasteiger partial charge is 0.472 e. The van der Waals surface area contributed by atoms with Crippen LogP contribution in [0, 0.1) is 5.82 Å². The number of anilines is 1. The zero-order valence-corrected chi connectivity index (χ0v) is 14.8. The molecule has 0 radical (unpaired) electrons. The first-order chi connectivity index (χ1) is 13.2. The van der Waals surface area contributed by atoms with Gasteiger partial charge in [0.2, 0.25) is 5.88 Å². The average molecular weight is 402 g/mol. The fourth-order valence-corrected chi connectivity index (χ4v) is 2.10. The van der Waals surface area contributed by atoms with Crippen LogP contribution in [0.4, 0.5) is 28.2 Å². The van der Waals surface area contributed by atoms with Gasteiger partial charge in [-0.1, -0.05) is 12.1 Å². The number of nitrogens with one attached hydrogen (secondary N) is 1. The van der Waals surface area contributed by atoms with Crippen molar-refractivity contribution in [3.8, 4) is 5.88 Å². The van der Waals surface area contributed by atoms with Crippen molar-refractivity contribution in [2.24, 2.45) is 0 Å². The smallest absolute Gasteiger partial charge is 0.416 e. The molecule has 152 valence electrons. The van der Waals surface area contributed by atoms with Crippen molar-refractivity contribution in [1.82, 2.24) is 14.9 Å². The minimum Gasteiger partial charge on any atom is -0.472 e. The van der Waals surface area contributed by atoms with E-state index >= 15 is 0 Å². The van der Waals surface area contributed by atoms with E-state index < -0.39 is 30.7 Å². The Morgan fingerprint density at radius 2 is 2.07 bits per heavy atom. The van der Waals surface area contributed by atoms with Gasteiger partial charge in [0.25, 0.3) is 0 Å². The van der Waals surface area contributed by atoms with Gasteiger partial charge in [-0.15, -0.1) is 0 Å². The summed E-state index contributed by atoms with van der Waals surface area (Å²) in [5.74, 6) is -0.300. The maximum absolute atomic E-state index is 13.1. The van der Waals surface area contributed by atoms with Gasteiger partial charge in [-0.25, -0.2) is 19.2 Å². The van der Waals surface area contributed by atoms with Gasteiger partial charge < -0.3 is 14.7 Å². The molecule has 0 aliphatic heterocycles. The van der Waals surface area contributed by atoms with Gasteiger partial charge in [-0.3, -0.25) is 5.32 Å². The third-order valence-corrected chi connectivity index (χ3v) is 3.58. The number of hydrogen-bond donors (Lipinski definition) is 2.